The Bertz CT molecular complexity index is 422. The largest absolute Gasteiger partial charge is 0.323 e. The maximum Gasteiger partial charge on any atom is 0.0798 e. The predicted octanol–water partition coefficient (Wildman–Crippen LogP) is 2.69. The molecule has 1 heterocycles. The molecule has 0 bridgehead atoms. The number of aromatic nitrogens is 1. The van der Waals surface area contributed by atoms with Crippen LogP contribution in [-0.2, 0) is 6.42 Å². The van der Waals surface area contributed by atoms with Crippen LogP contribution in [0.3, 0.4) is 0 Å². The van der Waals surface area contributed by atoms with E-state index in [2.05, 4.69) is 17.1 Å². The maximum absolute atomic E-state index is 6.14. The minimum absolute atomic E-state index is 0.0694. The van der Waals surface area contributed by atoms with E-state index in [9.17, 15) is 0 Å². The Morgan fingerprint density at radius 2 is 2.07 bits per heavy atom. The molecule has 15 heavy (non-hydrogen) atoms. The lowest BCUT2D eigenvalue weighted by molar-refractivity contribution is 0.729. The van der Waals surface area contributed by atoms with Crippen molar-refractivity contribution < 1.29 is 0 Å². The average Bonchev–Trinajstić information content (AvgIpc) is 2.66. The van der Waals surface area contributed by atoms with Crippen molar-refractivity contribution in [1.82, 2.24) is 4.98 Å². The van der Waals surface area contributed by atoms with Crippen molar-refractivity contribution in [3.05, 3.63) is 52.0 Å². The summed E-state index contributed by atoms with van der Waals surface area (Å²) in [4.78, 5) is 5.41. The summed E-state index contributed by atoms with van der Waals surface area (Å²) in [5.74, 6) is 0. The van der Waals surface area contributed by atoms with Crippen LogP contribution in [0.5, 0.6) is 0 Å². The molecule has 0 radical (unpaired) electrons. The molecular weight excluding hydrogens is 204 g/mol. The fourth-order valence-electron chi connectivity index (χ4n) is 1.63. The van der Waals surface area contributed by atoms with Crippen molar-refractivity contribution >= 4 is 11.3 Å². The van der Waals surface area contributed by atoms with Crippen LogP contribution in [0.1, 0.15) is 22.2 Å². The van der Waals surface area contributed by atoms with Crippen molar-refractivity contribution in [2.75, 3.05) is 0 Å². The highest BCUT2D eigenvalue weighted by atomic mass is 32.1. The summed E-state index contributed by atoms with van der Waals surface area (Å²) in [5.41, 5.74) is 10.3. The molecule has 0 saturated heterocycles. The fraction of sp³-hybridized carbons (Fsp3) is 0.250. The summed E-state index contributed by atoms with van der Waals surface area (Å²) in [5, 5.41) is 0. The second-order valence-electron chi connectivity index (χ2n) is 3.60. The van der Waals surface area contributed by atoms with Crippen LogP contribution in [0.15, 0.2) is 35.8 Å². The van der Waals surface area contributed by atoms with Gasteiger partial charge in [0.15, 0.2) is 0 Å². The van der Waals surface area contributed by atoms with E-state index in [0.29, 0.717) is 0 Å². The summed E-state index contributed by atoms with van der Waals surface area (Å²) < 4.78 is 0. The Balaban J connectivity index is 2.11. The zero-order chi connectivity index (χ0) is 10.7. The number of thiazole rings is 1. The van der Waals surface area contributed by atoms with Crippen LogP contribution >= 0.6 is 11.3 Å². The molecule has 1 aromatic carbocycles. The molecule has 2 nitrogen and oxygen atoms in total. The number of hydrogen-bond donors (Lipinski definition) is 1. The molecule has 2 rings (SSSR count). The summed E-state index contributed by atoms with van der Waals surface area (Å²) in [6.07, 6.45) is 0.879. The highest BCUT2D eigenvalue weighted by molar-refractivity contribution is 7.09. The third-order valence-corrected chi connectivity index (χ3v) is 3.48. The van der Waals surface area contributed by atoms with Gasteiger partial charge in [-0.2, -0.15) is 0 Å². The first-order valence-corrected chi connectivity index (χ1v) is 5.85. The average molecular weight is 218 g/mol. The van der Waals surface area contributed by atoms with Gasteiger partial charge in [-0.25, -0.2) is 4.98 Å². The molecule has 0 amide bonds. The summed E-state index contributed by atoms with van der Waals surface area (Å²) >= 11 is 1.64. The third kappa shape index (κ3) is 2.43. The van der Waals surface area contributed by atoms with Gasteiger partial charge < -0.3 is 5.73 Å². The normalized spacial score (nSPS) is 12.7. The van der Waals surface area contributed by atoms with E-state index in [1.807, 2.05) is 30.6 Å². The first-order chi connectivity index (χ1) is 7.27. The first-order valence-electron chi connectivity index (χ1n) is 4.97. The molecule has 1 aromatic heterocycles. The van der Waals surface area contributed by atoms with Gasteiger partial charge in [-0.3, -0.25) is 0 Å². The number of hydrogen-bond acceptors (Lipinski definition) is 3. The zero-order valence-electron chi connectivity index (χ0n) is 8.68. The molecule has 3 heteroatoms. The van der Waals surface area contributed by atoms with Crippen molar-refractivity contribution in [3.8, 4) is 0 Å². The quantitative estimate of drug-likeness (QED) is 0.860. The molecule has 2 aromatic rings. The number of rotatable bonds is 3. The van der Waals surface area contributed by atoms with Gasteiger partial charge in [0.1, 0.15) is 0 Å². The van der Waals surface area contributed by atoms with Crippen LogP contribution in [0.2, 0.25) is 0 Å². The minimum atomic E-state index is 0.0694. The van der Waals surface area contributed by atoms with Gasteiger partial charge in [-0.1, -0.05) is 30.3 Å². The number of aryl methyl sites for hydroxylation is 1. The van der Waals surface area contributed by atoms with Gasteiger partial charge in [0.25, 0.3) is 0 Å². The van der Waals surface area contributed by atoms with Crippen LogP contribution in [0.25, 0.3) is 0 Å². The first kappa shape index (κ1) is 10.3. The topological polar surface area (TPSA) is 38.9 Å². The van der Waals surface area contributed by atoms with Gasteiger partial charge in [0, 0.05) is 10.9 Å². The summed E-state index contributed by atoms with van der Waals surface area (Å²) in [6.45, 7) is 2.01. The van der Waals surface area contributed by atoms with E-state index in [4.69, 9.17) is 5.73 Å². The Morgan fingerprint density at radius 1 is 1.33 bits per heavy atom. The highest BCUT2D eigenvalue weighted by Gasteiger charge is 2.11. The molecule has 1 unspecified atom stereocenters. The van der Waals surface area contributed by atoms with E-state index in [1.54, 1.807) is 11.3 Å². The number of nitrogens with two attached hydrogens (primary N) is 1. The van der Waals surface area contributed by atoms with Crippen LogP contribution < -0.4 is 5.73 Å². The van der Waals surface area contributed by atoms with Crippen LogP contribution in [-0.4, -0.2) is 4.98 Å². The van der Waals surface area contributed by atoms with Crippen molar-refractivity contribution in [2.24, 2.45) is 5.73 Å². The molecule has 0 spiro atoms. The van der Waals surface area contributed by atoms with Crippen molar-refractivity contribution in [3.63, 3.8) is 0 Å². The lowest BCUT2D eigenvalue weighted by Crippen LogP contribution is -2.12. The summed E-state index contributed by atoms with van der Waals surface area (Å²) in [6, 6.07) is 10.4. The number of benzene rings is 1. The lowest BCUT2D eigenvalue weighted by Gasteiger charge is -2.10. The van der Waals surface area contributed by atoms with Gasteiger partial charge in [0.2, 0.25) is 0 Å². The van der Waals surface area contributed by atoms with Gasteiger partial charge in [-0.15, -0.1) is 11.3 Å². The summed E-state index contributed by atoms with van der Waals surface area (Å²) in [7, 11) is 0. The van der Waals surface area contributed by atoms with E-state index in [0.717, 1.165) is 12.1 Å². The molecule has 0 fully saturated rings. The van der Waals surface area contributed by atoms with Crippen LogP contribution in [0, 0.1) is 6.92 Å². The second-order valence-corrected chi connectivity index (χ2v) is 4.48. The van der Waals surface area contributed by atoms with Crippen molar-refractivity contribution in [2.45, 2.75) is 19.4 Å². The molecular formula is C12H14N2S. The van der Waals surface area contributed by atoms with Gasteiger partial charge in [-0.05, 0) is 18.9 Å². The van der Waals surface area contributed by atoms with Gasteiger partial charge in [0.05, 0.1) is 11.2 Å². The van der Waals surface area contributed by atoms with Crippen LogP contribution in [0.4, 0.5) is 0 Å². The maximum atomic E-state index is 6.14. The monoisotopic (exact) mass is 218 g/mol. The Hall–Kier alpha value is -1.19. The minimum Gasteiger partial charge on any atom is -0.323 e. The number of nitrogens with zero attached hydrogens (tertiary/aromatic N) is 1. The fourth-order valence-corrected chi connectivity index (χ4v) is 2.43. The standard InChI is InChI=1S/C12H14N2S/c1-9-12(15-8-14-9)11(13)7-10-5-3-2-4-6-10/h2-6,8,11H,7,13H2,1H3. The molecule has 1 atom stereocenters. The van der Waals surface area contributed by atoms with E-state index in [-0.39, 0.29) is 6.04 Å². The molecule has 0 aliphatic heterocycles. The van der Waals surface area contributed by atoms with E-state index < -0.39 is 0 Å². The third-order valence-electron chi connectivity index (χ3n) is 2.42. The Kier molecular flexibility index (Phi) is 3.14. The molecule has 0 aliphatic carbocycles. The smallest absolute Gasteiger partial charge is 0.0798 e. The van der Waals surface area contributed by atoms with Crippen molar-refractivity contribution in [1.29, 1.82) is 0 Å². The Morgan fingerprint density at radius 3 is 2.67 bits per heavy atom. The van der Waals surface area contributed by atoms with E-state index >= 15 is 0 Å². The molecule has 2 N–H and O–H groups in total. The van der Waals surface area contributed by atoms with E-state index in [1.165, 1.54) is 10.4 Å². The highest BCUT2D eigenvalue weighted by Crippen LogP contribution is 2.22. The molecule has 78 valence electrons. The van der Waals surface area contributed by atoms with Gasteiger partial charge >= 0.3 is 0 Å². The second kappa shape index (κ2) is 4.55. The SMILES string of the molecule is Cc1ncsc1C(N)Cc1ccccc1. The Labute approximate surface area is 93.8 Å². The predicted molar refractivity (Wildman–Crippen MR) is 63.9 cm³/mol. The molecule has 0 saturated carbocycles. The lowest BCUT2D eigenvalue weighted by atomic mass is 10.0. The zero-order valence-corrected chi connectivity index (χ0v) is 9.50. The molecule has 0 aliphatic rings.